The van der Waals surface area contributed by atoms with Gasteiger partial charge < -0.3 is 0 Å². The summed E-state index contributed by atoms with van der Waals surface area (Å²) < 4.78 is 60.7. The standard InChI is InChI=1S/C11H11F3N2O2S/c12-11(13,14)5-6-16-19(17,18)8-10-4-2-1-3-9(10)7-15/h1-4,16H,5-6,8H2. The molecule has 0 bridgehead atoms. The van der Waals surface area contributed by atoms with E-state index < -0.39 is 34.9 Å². The van der Waals surface area contributed by atoms with Crippen LogP contribution in [0.3, 0.4) is 0 Å². The van der Waals surface area contributed by atoms with E-state index in [1.807, 2.05) is 10.8 Å². The first-order chi connectivity index (χ1) is 8.73. The molecule has 0 aliphatic heterocycles. The minimum atomic E-state index is -4.41. The van der Waals surface area contributed by atoms with E-state index in [0.717, 1.165) is 0 Å². The fraction of sp³-hybridized carbons (Fsp3) is 0.364. The van der Waals surface area contributed by atoms with Crippen LogP contribution in [0.2, 0.25) is 0 Å². The number of benzene rings is 1. The number of nitriles is 1. The van der Waals surface area contributed by atoms with Gasteiger partial charge in [0.05, 0.1) is 23.8 Å². The van der Waals surface area contributed by atoms with Crippen molar-refractivity contribution in [1.82, 2.24) is 4.72 Å². The summed E-state index contributed by atoms with van der Waals surface area (Å²) in [6, 6.07) is 7.85. The average molecular weight is 292 g/mol. The van der Waals surface area contributed by atoms with Crippen molar-refractivity contribution in [1.29, 1.82) is 5.26 Å². The van der Waals surface area contributed by atoms with Crippen LogP contribution >= 0.6 is 0 Å². The number of hydrogen-bond acceptors (Lipinski definition) is 3. The molecule has 19 heavy (non-hydrogen) atoms. The van der Waals surface area contributed by atoms with Crippen molar-refractivity contribution in [2.24, 2.45) is 0 Å². The van der Waals surface area contributed by atoms with Crippen molar-refractivity contribution < 1.29 is 21.6 Å². The first kappa shape index (κ1) is 15.5. The quantitative estimate of drug-likeness (QED) is 0.901. The lowest BCUT2D eigenvalue weighted by molar-refractivity contribution is -0.132. The summed E-state index contributed by atoms with van der Waals surface area (Å²) in [5, 5.41) is 8.78. The van der Waals surface area contributed by atoms with Crippen molar-refractivity contribution in [3.8, 4) is 6.07 Å². The predicted octanol–water partition coefficient (Wildman–Crippen LogP) is 1.93. The Balaban J connectivity index is 2.68. The maximum absolute atomic E-state index is 11.9. The highest BCUT2D eigenvalue weighted by Crippen LogP contribution is 2.18. The molecule has 0 spiro atoms. The van der Waals surface area contributed by atoms with Gasteiger partial charge in [0.2, 0.25) is 10.0 Å². The molecule has 104 valence electrons. The number of alkyl halides is 3. The van der Waals surface area contributed by atoms with Gasteiger partial charge in [0.1, 0.15) is 0 Å². The van der Waals surface area contributed by atoms with E-state index in [9.17, 15) is 21.6 Å². The third kappa shape index (κ3) is 5.72. The Labute approximate surface area is 108 Å². The lowest BCUT2D eigenvalue weighted by Gasteiger charge is -2.09. The molecule has 0 saturated carbocycles. The fourth-order valence-corrected chi connectivity index (χ4v) is 2.54. The smallest absolute Gasteiger partial charge is 0.215 e. The van der Waals surface area contributed by atoms with Crippen LogP contribution < -0.4 is 4.72 Å². The minimum Gasteiger partial charge on any atom is -0.215 e. The summed E-state index contributed by atoms with van der Waals surface area (Å²) in [6.07, 6.45) is -5.64. The Hall–Kier alpha value is -1.59. The molecule has 0 fully saturated rings. The molecule has 0 saturated heterocycles. The van der Waals surface area contributed by atoms with Crippen LogP contribution in [-0.2, 0) is 15.8 Å². The summed E-state index contributed by atoms with van der Waals surface area (Å²) in [7, 11) is -3.89. The average Bonchev–Trinajstić information content (AvgIpc) is 2.27. The topological polar surface area (TPSA) is 70.0 Å². The zero-order valence-corrected chi connectivity index (χ0v) is 10.6. The van der Waals surface area contributed by atoms with Crippen molar-refractivity contribution in [3.05, 3.63) is 35.4 Å². The van der Waals surface area contributed by atoms with Gasteiger partial charge in [-0.15, -0.1) is 0 Å². The first-order valence-corrected chi connectivity index (χ1v) is 6.91. The van der Waals surface area contributed by atoms with Gasteiger partial charge in [-0.2, -0.15) is 18.4 Å². The van der Waals surface area contributed by atoms with Gasteiger partial charge in [-0.1, -0.05) is 18.2 Å². The molecule has 0 radical (unpaired) electrons. The Morgan fingerprint density at radius 1 is 1.26 bits per heavy atom. The lowest BCUT2D eigenvalue weighted by atomic mass is 10.1. The van der Waals surface area contributed by atoms with Gasteiger partial charge in [-0.3, -0.25) is 0 Å². The summed E-state index contributed by atoms with van der Waals surface area (Å²) >= 11 is 0. The zero-order valence-electron chi connectivity index (χ0n) is 9.74. The molecule has 1 aromatic carbocycles. The third-order valence-electron chi connectivity index (χ3n) is 2.21. The SMILES string of the molecule is N#Cc1ccccc1CS(=O)(=O)NCCC(F)(F)F. The van der Waals surface area contributed by atoms with Gasteiger partial charge in [-0.05, 0) is 11.6 Å². The number of nitrogens with zero attached hydrogens (tertiary/aromatic N) is 1. The molecule has 0 amide bonds. The number of hydrogen-bond donors (Lipinski definition) is 1. The highest BCUT2D eigenvalue weighted by Gasteiger charge is 2.27. The number of nitrogens with one attached hydrogen (secondary N) is 1. The van der Waals surface area contributed by atoms with Gasteiger partial charge in [-0.25, -0.2) is 13.1 Å². The maximum Gasteiger partial charge on any atom is 0.390 e. The first-order valence-electron chi connectivity index (χ1n) is 5.25. The summed E-state index contributed by atoms with van der Waals surface area (Å²) in [5.74, 6) is -0.519. The van der Waals surface area contributed by atoms with E-state index in [0.29, 0.717) is 0 Å². The molecule has 0 aliphatic carbocycles. The Morgan fingerprint density at radius 2 is 1.89 bits per heavy atom. The van der Waals surface area contributed by atoms with Crippen LogP contribution in [-0.4, -0.2) is 21.1 Å². The van der Waals surface area contributed by atoms with Gasteiger partial charge in [0.25, 0.3) is 0 Å². The molecule has 8 heteroatoms. The highest BCUT2D eigenvalue weighted by molar-refractivity contribution is 7.88. The van der Waals surface area contributed by atoms with Crippen LogP contribution in [0.15, 0.2) is 24.3 Å². The summed E-state index contributed by atoms with van der Waals surface area (Å²) in [4.78, 5) is 0. The van der Waals surface area contributed by atoms with Crippen molar-refractivity contribution in [2.75, 3.05) is 6.54 Å². The second-order valence-electron chi connectivity index (χ2n) is 3.79. The van der Waals surface area contributed by atoms with E-state index in [-0.39, 0.29) is 11.1 Å². The molecule has 1 aromatic rings. The highest BCUT2D eigenvalue weighted by atomic mass is 32.2. The molecule has 0 aromatic heterocycles. The molecule has 1 rings (SSSR count). The van der Waals surface area contributed by atoms with E-state index in [4.69, 9.17) is 5.26 Å². The summed E-state index contributed by atoms with van der Waals surface area (Å²) in [5.41, 5.74) is 0.438. The largest absolute Gasteiger partial charge is 0.390 e. The van der Waals surface area contributed by atoms with Crippen LogP contribution in [0, 0.1) is 11.3 Å². The van der Waals surface area contributed by atoms with Crippen LogP contribution in [0.25, 0.3) is 0 Å². The molecular formula is C11H11F3N2O2S. The second-order valence-corrected chi connectivity index (χ2v) is 5.59. The fourth-order valence-electron chi connectivity index (χ4n) is 1.36. The monoisotopic (exact) mass is 292 g/mol. The van der Waals surface area contributed by atoms with E-state index >= 15 is 0 Å². The van der Waals surface area contributed by atoms with E-state index in [1.165, 1.54) is 12.1 Å². The Bertz CT molecular complexity index is 576. The van der Waals surface area contributed by atoms with Gasteiger partial charge in [0.15, 0.2) is 0 Å². The van der Waals surface area contributed by atoms with Crippen LogP contribution in [0.1, 0.15) is 17.5 Å². The Kier molecular flexibility index (Phi) is 4.91. The van der Waals surface area contributed by atoms with Crippen molar-refractivity contribution >= 4 is 10.0 Å². The molecule has 0 heterocycles. The van der Waals surface area contributed by atoms with Crippen molar-refractivity contribution in [3.63, 3.8) is 0 Å². The minimum absolute atomic E-state index is 0.184. The summed E-state index contributed by atoms with van der Waals surface area (Å²) in [6.45, 7) is -0.708. The van der Waals surface area contributed by atoms with Crippen LogP contribution in [0.5, 0.6) is 0 Å². The molecule has 0 unspecified atom stereocenters. The van der Waals surface area contributed by atoms with Crippen molar-refractivity contribution in [2.45, 2.75) is 18.3 Å². The molecule has 0 aliphatic rings. The lowest BCUT2D eigenvalue weighted by Crippen LogP contribution is -2.29. The molecular weight excluding hydrogens is 281 g/mol. The zero-order chi connectivity index (χ0) is 14.5. The predicted molar refractivity (Wildman–Crippen MR) is 62.5 cm³/mol. The molecule has 4 nitrogen and oxygen atoms in total. The van der Waals surface area contributed by atoms with Crippen LogP contribution in [0.4, 0.5) is 13.2 Å². The second kappa shape index (κ2) is 6.04. The third-order valence-corrected chi connectivity index (χ3v) is 3.55. The van der Waals surface area contributed by atoms with Gasteiger partial charge >= 0.3 is 6.18 Å². The Morgan fingerprint density at radius 3 is 2.47 bits per heavy atom. The maximum atomic E-state index is 11.9. The molecule has 1 N–H and O–H groups in total. The number of halogens is 3. The van der Waals surface area contributed by atoms with Gasteiger partial charge in [0, 0.05) is 6.54 Å². The number of rotatable bonds is 5. The molecule has 0 atom stereocenters. The number of sulfonamides is 1. The van der Waals surface area contributed by atoms with E-state index in [2.05, 4.69) is 0 Å². The van der Waals surface area contributed by atoms with E-state index in [1.54, 1.807) is 12.1 Å². The normalized spacial score (nSPS) is 12.1.